The van der Waals surface area contributed by atoms with Crippen molar-refractivity contribution in [3.05, 3.63) is 36.0 Å². The molecule has 4 fully saturated rings. The van der Waals surface area contributed by atoms with Crippen molar-refractivity contribution >= 4 is 11.9 Å². The number of nitrogens with zero attached hydrogens (tertiary/aromatic N) is 1. The van der Waals surface area contributed by atoms with E-state index in [1.54, 1.807) is 0 Å². The molecular formula is C60H103NO6. The molecule has 0 N–H and O–H groups in total. The highest BCUT2D eigenvalue weighted by atomic mass is 16.6. The smallest absolute Gasteiger partial charge is 0.306 e. The molecule has 4 aliphatic carbocycles. The van der Waals surface area contributed by atoms with Crippen LogP contribution < -0.4 is 0 Å². The highest BCUT2D eigenvalue weighted by molar-refractivity contribution is 5.77. The number of hydrogen-bond acceptors (Lipinski definition) is 7. The quantitative estimate of drug-likeness (QED) is 0.0369. The molecule has 0 bridgehead atoms. The number of carbonyl (C=O) groups is 2. The summed E-state index contributed by atoms with van der Waals surface area (Å²) < 4.78 is 24.1. The van der Waals surface area contributed by atoms with Crippen LogP contribution in [-0.4, -0.2) is 74.6 Å². The molecular weight excluding hydrogens is 831 g/mol. The Bertz CT molecular complexity index is 1500. The van der Waals surface area contributed by atoms with E-state index >= 15 is 0 Å². The third-order valence-corrected chi connectivity index (χ3v) is 17.9. The summed E-state index contributed by atoms with van der Waals surface area (Å²) >= 11 is 0. The topological polar surface area (TPSA) is 74.3 Å². The second kappa shape index (κ2) is 30.0. The molecule has 0 amide bonds. The molecule has 0 aromatic heterocycles. The number of rotatable bonds is 33. The number of allylic oxidation sites excluding steroid dienone is 5. The molecule has 0 aromatic rings. The van der Waals surface area contributed by atoms with Crippen molar-refractivity contribution in [3.63, 3.8) is 0 Å². The van der Waals surface area contributed by atoms with Gasteiger partial charge >= 0.3 is 11.9 Å². The van der Waals surface area contributed by atoms with Crippen LogP contribution >= 0.6 is 0 Å². The summed E-state index contributed by atoms with van der Waals surface area (Å²) in [4.78, 5) is 28.2. The number of hydrogen-bond donors (Lipinski definition) is 0. The molecule has 0 radical (unpaired) electrons. The van der Waals surface area contributed by atoms with Gasteiger partial charge in [0.15, 0.2) is 0 Å². The summed E-state index contributed by atoms with van der Waals surface area (Å²) in [7, 11) is 0. The fourth-order valence-corrected chi connectivity index (χ4v) is 13.9. The first-order chi connectivity index (χ1) is 32.4. The summed E-state index contributed by atoms with van der Waals surface area (Å²) in [5.41, 5.74) is 2.26. The standard InChI is InChI=1S/C60H103NO6/c1-8-9-10-11-12-13-14-15-16-17-18-19-20-21-22-23-41-64-46-52(45-61-40-25-29-49(61)5)65-42-26-43-66-57(62)34-35-58(63)67-51-36-38-59(6)50(44-51)30-31-53-55-33-32-54(48(4)28-24-27-47(2)3)60(55,7)39-37-56(53)59/h12-13,15-16,30,47-49,51-56H,8-11,14,17-29,31-46H2,1-7H3/t48-,49-,51+,52-,53?,54-,55?,56?,59+,60-/m1/s1. The van der Waals surface area contributed by atoms with Gasteiger partial charge in [0, 0.05) is 32.0 Å². The number of fused-ring (bicyclic) bond motifs is 5. The van der Waals surface area contributed by atoms with Crippen LogP contribution in [-0.2, 0) is 28.5 Å². The minimum Gasteiger partial charge on any atom is -0.466 e. The second-order valence-corrected chi connectivity index (χ2v) is 23.4. The fraction of sp³-hybridized carbons (Fsp3) is 0.867. The molecule has 3 saturated carbocycles. The van der Waals surface area contributed by atoms with Crippen LogP contribution in [0.1, 0.15) is 228 Å². The highest BCUT2D eigenvalue weighted by Crippen LogP contribution is 2.67. The van der Waals surface area contributed by atoms with E-state index in [4.69, 9.17) is 18.9 Å². The van der Waals surface area contributed by atoms with E-state index in [9.17, 15) is 9.59 Å². The molecule has 0 aromatic carbocycles. The van der Waals surface area contributed by atoms with Gasteiger partial charge in [-0.2, -0.15) is 0 Å². The van der Waals surface area contributed by atoms with Crippen LogP contribution in [0.25, 0.3) is 0 Å². The lowest BCUT2D eigenvalue weighted by atomic mass is 9.47. The molecule has 1 heterocycles. The van der Waals surface area contributed by atoms with Crippen molar-refractivity contribution in [2.45, 2.75) is 246 Å². The first-order valence-electron chi connectivity index (χ1n) is 28.7. The van der Waals surface area contributed by atoms with Crippen molar-refractivity contribution in [1.29, 1.82) is 0 Å². The number of carbonyl (C=O) groups excluding carboxylic acids is 2. The van der Waals surface area contributed by atoms with E-state index in [-0.39, 0.29) is 42.4 Å². The number of ether oxygens (including phenoxy) is 4. The molecule has 5 rings (SSSR count). The van der Waals surface area contributed by atoms with Crippen LogP contribution in [0.4, 0.5) is 0 Å². The van der Waals surface area contributed by atoms with E-state index in [0.717, 1.165) is 87.3 Å². The fourth-order valence-electron chi connectivity index (χ4n) is 13.9. The van der Waals surface area contributed by atoms with Gasteiger partial charge in [0.05, 0.1) is 38.8 Å². The van der Waals surface area contributed by atoms with Crippen molar-refractivity contribution in [1.82, 2.24) is 4.90 Å². The van der Waals surface area contributed by atoms with Crippen molar-refractivity contribution in [2.24, 2.45) is 46.3 Å². The van der Waals surface area contributed by atoms with Crippen molar-refractivity contribution < 1.29 is 28.5 Å². The molecule has 10 atom stereocenters. The summed E-state index contributed by atoms with van der Waals surface area (Å²) in [6.45, 7) is 21.3. The molecule has 7 heteroatoms. The third kappa shape index (κ3) is 18.0. The lowest BCUT2D eigenvalue weighted by Gasteiger charge is -2.58. The largest absolute Gasteiger partial charge is 0.466 e. The molecule has 3 unspecified atom stereocenters. The third-order valence-electron chi connectivity index (χ3n) is 17.9. The average Bonchev–Trinajstić information content (AvgIpc) is 3.88. The van der Waals surface area contributed by atoms with Crippen LogP contribution in [0, 0.1) is 46.3 Å². The maximum Gasteiger partial charge on any atom is 0.306 e. The first kappa shape index (κ1) is 56.0. The molecule has 67 heavy (non-hydrogen) atoms. The monoisotopic (exact) mass is 934 g/mol. The van der Waals surface area contributed by atoms with Gasteiger partial charge in [-0.1, -0.05) is 135 Å². The summed E-state index contributed by atoms with van der Waals surface area (Å²) in [5, 5.41) is 0. The lowest BCUT2D eigenvalue weighted by Crippen LogP contribution is -2.51. The summed E-state index contributed by atoms with van der Waals surface area (Å²) in [5.74, 6) is 4.31. The Kier molecular flexibility index (Phi) is 25.1. The Balaban J connectivity index is 0.911. The lowest BCUT2D eigenvalue weighted by molar-refractivity contribution is -0.155. The maximum atomic E-state index is 13.0. The van der Waals surface area contributed by atoms with Gasteiger partial charge in [-0.25, -0.2) is 0 Å². The first-order valence-corrected chi connectivity index (χ1v) is 28.7. The number of unbranched alkanes of at least 4 members (excludes halogenated alkanes) is 9. The van der Waals surface area contributed by atoms with E-state index in [1.165, 1.54) is 134 Å². The van der Waals surface area contributed by atoms with Gasteiger partial charge in [0.2, 0.25) is 0 Å². The van der Waals surface area contributed by atoms with Crippen molar-refractivity contribution in [3.8, 4) is 0 Å². The van der Waals surface area contributed by atoms with Gasteiger partial charge in [-0.3, -0.25) is 14.5 Å². The zero-order valence-electron chi connectivity index (χ0n) is 44.5. The number of likely N-dealkylation sites (tertiary alicyclic amines) is 1. The maximum absolute atomic E-state index is 13.0. The molecule has 5 aliphatic rings. The van der Waals surface area contributed by atoms with Crippen LogP contribution in [0.15, 0.2) is 36.0 Å². The second-order valence-electron chi connectivity index (χ2n) is 23.4. The van der Waals surface area contributed by atoms with Gasteiger partial charge in [-0.05, 0) is 156 Å². The molecule has 1 saturated heterocycles. The Morgan fingerprint density at radius 1 is 0.776 bits per heavy atom. The minimum atomic E-state index is -0.336. The highest BCUT2D eigenvalue weighted by Gasteiger charge is 2.59. The van der Waals surface area contributed by atoms with Crippen LogP contribution in [0.2, 0.25) is 0 Å². The van der Waals surface area contributed by atoms with Crippen molar-refractivity contribution in [2.75, 3.05) is 39.5 Å². The average molecular weight is 934 g/mol. The summed E-state index contributed by atoms with van der Waals surface area (Å²) in [6.07, 6.45) is 43.8. The van der Waals surface area contributed by atoms with Gasteiger partial charge in [0.1, 0.15) is 6.10 Å². The zero-order chi connectivity index (χ0) is 47.9. The van der Waals surface area contributed by atoms with E-state index in [0.29, 0.717) is 37.7 Å². The predicted molar refractivity (Wildman–Crippen MR) is 278 cm³/mol. The molecule has 0 spiro atoms. The zero-order valence-corrected chi connectivity index (χ0v) is 44.5. The molecule has 1 aliphatic heterocycles. The van der Waals surface area contributed by atoms with E-state index < -0.39 is 0 Å². The SMILES string of the molecule is CCCCCC=CCC=CCCCCCCCCOC[C@@H](CN1CCC[C@H]1C)OCCCOC(=O)CCC(=O)O[C@H]1CC[C@@]2(C)C(=CCC3C2CC[C@@]2(C)C3CC[C@@H]2[C@H](C)CCCC(C)C)C1. The van der Waals surface area contributed by atoms with Crippen LogP contribution in [0.3, 0.4) is 0 Å². The Hall–Kier alpha value is -1.96. The Labute approximate surface area is 412 Å². The summed E-state index contributed by atoms with van der Waals surface area (Å²) in [6, 6.07) is 0.577. The molecule has 384 valence electrons. The predicted octanol–water partition coefficient (Wildman–Crippen LogP) is 15.4. The van der Waals surface area contributed by atoms with E-state index in [1.807, 2.05) is 0 Å². The molecule has 7 nitrogen and oxygen atoms in total. The van der Waals surface area contributed by atoms with E-state index in [2.05, 4.69) is 83.7 Å². The number of esters is 2. The van der Waals surface area contributed by atoms with Crippen LogP contribution in [0.5, 0.6) is 0 Å². The van der Waals surface area contributed by atoms with Gasteiger partial charge < -0.3 is 18.9 Å². The normalized spacial score (nSPS) is 29.5. The Morgan fingerprint density at radius 2 is 1.52 bits per heavy atom. The van der Waals surface area contributed by atoms with Gasteiger partial charge in [0.25, 0.3) is 0 Å². The Morgan fingerprint density at radius 3 is 2.27 bits per heavy atom. The minimum absolute atomic E-state index is 0.00987. The van der Waals surface area contributed by atoms with Gasteiger partial charge in [-0.15, -0.1) is 0 Å².